The first-order valence-electron chi connectivity index (χ1n) is 10.8. The lowest BCUT2D eigenvalue weighted by Gasteiger charge is -2.19. The van der Waals surface area contributed by atoms with Gasteiger partial charge in [-0.25, -0.2) is 9.50 Å². The molecule has 1 atom stereocenters. The Labute approximate surface area is 172 Å². The van der Waals surface area contributed by atoms with Crippen LogP contribution in [0.3, 0.4) is 0 Å². The summed E-state index contributed by atoms with van der Waals surface area (Å²) in [5, 5.41) is 4.73. The number of fused-ring (bicyclic) bond motifs is 1. The van der Waals surface area contributed by atoms with Gasteiger partial charge in [-0.05, 0) is 63.9 Å². The Hall–Kier alpha value is -2.60. The smallest absolute Gasteiger partial charge is 0.231 e. The molecule has 2 aliphatic rings. The molecular weight excluding hydrogens is 362 g/mol. The minimum atomic E-state index is 0.635. The summed E-state index contributed by atoms with van der Waals surface area (Å²) in [6.45, 7) is 4.18. The first-order chi connectivity index (χ1) is 14.3. The molecule has 0 aliphatic carbocycles. The molecule has 2 aliphatic heterocycles. The van der Waals surface area contributed by atoms with E-state index >= 15 is 0 Å². The van der Waals surface area contributed by atoms with Gasteiger partial charge in [0.1, 0.15) is 0 Å². The number of ether oxygens (including phenoxy) is 1. The summed E-state index contributed by atoms with van der Waals surface area (Å²) < 4.78 is 7.90. The molecule has 0 bridgehead atoms. The van der Waals surface area contributed by atoms with E-state index in [0.29, 0.717) is 18.5 Å². The molecule has 3 aromatic rings. The summed E-state index contributed by atoms with van der Waals surface area (Å²) in [4.78, 5) is 9.43. The SMILES string of the molecule is CN1CCCC1CCOc1ccc2ncc(-c3cccc(N4CCCC4)c3)n2n1. The molecule has 6 nitrogen and oxygen atoms in total. The van der Waals surface area contributed by atoms with Crippen molar-refractivity contribution in [2.75, 3.05) is 38.2 Å². The van der Waals surface area contributed by atoms with Crippen molar-refractivity contribution < 1.29 is 4.74 Å². The molecule has 1 unspecified atom stereocenters. The molecule has 0 radical (unpaired) electrons. The molecule has 29 heavy (non-hydrogen) atoms. The van der Waals surface area contributed by atoms with Crippen LogP contribution in [0.1, 0.15) is 32.1 Å². The summed E-state index contributed by atoms with van der Waals surface area (Å²) in [5.74, 6) is 0.660. The number of hydrogen-bond acceptors (Lipinski definition) is 5. The van der Waals surface area contributed by atoms with Crippen LogP contribution in [0.25, 0.3) is 16.9 Å². The van der Waals surface area contributed by atoms with Crippen molar-refractivity contribution in [2.24, 2.45) is 0 Å². The maximum Gasteiger partial charge on any atom is 0.231 e. The predicted molar refractivity (Wildman–Crippen MR) is 116 cm³/mol. The molecule has 0 N–H and O–H groups in total. The average Bonchev–Trinajstić information content (AvgIpc) is 3.49. The van der Waals surface area contributed by atoms with Crippen molar-refractivity contribution in [3.8, 4) is 17.1 Å². The summed E-state index contributed by atoms with van der Waals surface area (Å²) >= 11 is 0. The van der Waals surface area contributed by atoms with E-state index in [4.69, 9.17) is 9.84 Å². The molecule has 152 valence electrons. The molecule has 0 spiro atoms. The second-order valence-corrected chi connectivity index (χ2v) is 8.24. The van der Waals surface area contributed by atoms with Crippen molar-refractivity contribution in [3.63, 3.8) is 0 Å². The van der Waals surface area contributed by atoms with Gasteiger partial charge in [0.05, 0.1) is 18.5 Å². The summed E-state index contributed by atoms with van der Waals surface area (Å²) in [6, 6.07) is 13.2. The molecule has 2 fully saturated rings. The number of likely N-dealkylation sites (tertiary alicyclic amines) is 1. The third kappa shape index (κ3) is 3.81. The standard InChI is InChI=1S/C23H29N5O/c1-26-12-5-8-19(26)11-15-29-23-10-9-22-24-17-21(28(22)25-23)18-6-4-7-20(16-18)27-13-2-3-14-27/h4,6-7,9-10,16-17,19H,2-3,5,8,11-15H2,1H3. The van der Waals surface area contributed by atoms with Gasteiger partial charge in [0.25, 0.3) is 0 Å². The highest BCUT2D eigenvalue weighted by molar-refractivity contribution is 5.68. The number of imidazole rings is 1. The van der Waals surface area contributed by atoms with Gasteiger partial charge in [0.2, 0.25) is 5.88 Å². The zero-order valence-corrected chi connectivity index (χ0v) is 17.1. The topological polar surface area (TPSA) is 45.9 Å². The number of rotatable bonds is 6. The monoisotopic (exact) mass is 391 g/mol. The Morgan fingerprint density at radius 3 is 2.79 bits per heavy atom. The van der Waals surface area contributed by atoms with Gasteiger partial charge in [0, 0.05) is 36.4 Å². The fourth-order valence-corrected chi connectivity index (χ4v) is 4.61. The quantitative estimate of drug-likeness (QED) is 0.639. The molecule has 1 aromatic carbocycles. The van der Waals surface area contributed by atoms with Crippen molar-refractivity contribution in [1.82, 2.24) is 19.5 Å². The van der Waals surface area contributed by atoms with E-state index in [2.05, 4.69) is 46.1 Å². The third-order valence-electron chi connectivity index (χ3n) is 6.32. The van der Waals surface area contributed by atoms with E-state index < -0.39 is 0 Å². The van der Waals surface area contributed by atoms with Crippen LogP contribution in [-0.2, 0) is 0 Å². The summed E-state index contributed by atoms with van der Waals surface area (Å²) in [6.07, 6.45) is 8.07. The summed E-state index contributed by atoms with van der Waals surface area (Å²) in [7, 11) is 2.20. The Morgan fingerprint density at radius 1 is 1.07 bits per heavy atom. The maximum atomic E-state index is 6.00. The first kappa shape index (κ1) is 18.4. The lowest BCUT2D eigenvalue weighted by molar-refractivity contribution is 0.227. The largest absolute Gasteiger partial charge is 0.477 e. The highest BCUT2D eigenvalue weighted by atomic mass is 16.5. The van der Waals surface area contributed by atoms with Gasteiger partial charge in [-0.1, -0.05) is 12.1 Å². The highest BCUT2D eigenvalue weighted by Gasteiger charge is 2.20. The lowest BCUT2D eigenvalue weighted by atomic mass is 10.1. The van der Waals surface area contributed by atoms with Crippen molar-refractivity contribution >= 4 is 11.3 Å². The number of aromatic nitrogens is 3. The molecule has 6 heteroatoms. The third-order valence-corrected chi connectivity index (χ3v) is 6.32. The molecule has 5 rings (SSSR count). The van der Waals surface area contributed by atoms with Crippen LogP contribution in [0.4, 0.5) is 5.69 Å². The van der Waals surface area contributed by atoms with Gasteiger partial charge in [-0.15, -0.1) is 5.10 Å². The van der Waals surface area contributed by atoms with E-state index in [0.717, 1.165) is 36.4 Å². The number of benzene rings is 1. The van der Waals surface area contributed by atoms with Gasteiger partial charge in [-0.3, -0.25) is 0 Å². The van der Waals surface area contributed by atoms with Crippen molar-refractivity contribution in [2.45, 2.75) is 38.1 Å². The lowest BCUT2D eigenvalue weighted by Crippen LogP contribution is -2.26. The van der Waals surface area contributed by atoms with E-state index in [1.165, 1.54) is 37.9 Å². The molecule has 0 saturated carbocycles. The second-order valence-electron chi connectivity index (χ2n) is 8.24. The average molecular weight is 392 g/mol. The number of nitrogens with zero attached hydrogens (tertiary/aromatic N) is 5. The minimum absolute atomic E-state index is 0.635. The maximum absolute atomic E-state index is 6.00. The van der Waals surface area contributed by atoms with Crippen LogP contribution in [0.15, 0.2) is 42.6 Å². The molecule has 0 amide bonds. The van der Waals surface area contributed by atoms with Crippen LogP contribution >= 0.6 is 0 Å². The van der Waals surface area contributed by atoms with E-state index in [9.17, 15) is 0 Å². The van der Waals surface area contributed by atoms with Gasteiger partial charge >= 0.3 is 0 Å². The molecular formula is C23H29N5O. The van der Waals surface area contributed by atoms with Gasteiger partial charge in [0.15, 0.2) is 5.65 Å². The van der Waals surface area contributed by atoms with Crippen molar-refractivity contribution in [3.05, 3.63) is 42.6 Å². The normalized spacial score (nSPS) is 20.0. The minimum Gasteiger partial charge on any atom is -0.477 e. The Balaban J connectivity index is 1.35. The second kappa shape index (κ2) is 8.03. The van der Waals surface area contributed by atoms with E-state index in [-0.39, 0.29) is 0 Å². The van der Waals surface area contributed by atoms with Gasteiger partial charge in [-0.2, -0.15) is 0 Å². The highest BCUT2D eigenvalue weighted by Crippen LogP contribution is 2.27. The van der Waals surface area contributed by atoms with E-state index in [1.807, 2.05) is 22.8 Å². The van der Waals surface area contributed by atoms with Crippen LogP contribution in [0.5, 0.6) is 5.88 Å². The zero-order valence-electron chi connectivity index (χ0n) is 17.1. The number of hydrogen-bond donors (Lipinski definition) is 0. The van der Waals surface area contributed by atoms with Crippen molar-refractivity contribution in [1.29, 1.82) is 0 Å². The fourth-order valence-electron chi connectivity index (χ4n) is 4.61. The van der Waals surface area contributed by atoms with E-state index in [1.54, 1.807) is 0 Å². The Bertz CT molecular complexity index is 978. The zero-order chi connectivity index (χ0) is 19.6. The van der Waals surface area contributed by atoms with Crippen LogP contribution < -0.4 is 9.64 Å². The predicted octanol–water partition coefficient (Wildman–Crippen LogP) is 3.86. The Morgan fingerprint density at radius 2 is 1.97 bits per heavy atom. The summed E-state index contributed by atoms with van der Waals surface area (Å²) in [5.41, 5.74) is 4.26. The van der Waals surface area contributed by atoms with Crippen LogP contribution in [0.2, 0.25) is 0 Å². The fraction of sp³-hybridized carbons (Fsp3) is 0.478. The number of anilines is 1. The molecule has 2 saturated heterocycles. The van der Waals surface area contributed by atoms with Crippen LogP contribution in [0, 0.1) is 0 Å². The first-order valence-corrected chi connectivity index (χ1v) is 10.8. The van der Waals surface area contributed by atoms with Gasteiger partial charge < -0.3 is 14.5 Å². The molecule has 4 heterocycles. The Kier molecular flexibility index (Phi) is 5.10. The van der Waals surface area contributed by atoms with Crippen LogP contribution in [-0.4, -0.2) is 58.8 Å². The molecule has 2 aromatic heterocycles.